The minimum absolute atomic E-state index is 0.282. The lowest BCUT2D eigenvalue weighted by molar-refractivity contribution is 0.0532. The van der Waals surface area contributed by atoms with E-state index in [2.05, 4.69) is 5.32 Å². The molecule has 0 amide bonds. The van der Waals surface area contributed by atoms with Crippen LogP contribution in [0.3, 0.4) is 0 Å². The zero-order valence-corrected chi connectivity index (χ0v) is 11.3. The molecule has 1 aromatic rings. The van der Waals surface area contributed by atoms with Crippen molar-refractivity contribution < 1.29 is 13.9 Å². The number of aryl methyl sites for hydroxylation is 1. The second kappa shape index (κ2) is 5.76. The summed E-state index contributed by atoms with van der Waals surface area (Å²) in [4.78, 5) is 0. The van der Waals surface area contributed by atoms with Gasteiger partial charge in [0.2, 0.25) is 0 Å². The topological polar surface area (TPSA) is 32.3 Å². The molecule has 0 aromatic heterocycles. The van der Waals surface area contributed by atoms with Crippen LogP contribution in [0.15, 0.2) is 12.1 Å². The Kier molecular flexibility index (Phi) is 4.82. The average Bonchev–Trinajstić information content (AvgIpc) is 2.31. The van der Waals surface area contributed by atoms with E-state index in [1.54, 1.807) is 13.8 Å². The molecule has 0 fully saturated rings. The lowest BCUT2D eigenvalue weighted by Gasteiger charge is -2.25. The molecule has 0 heterocycles. The third-order valence-corrected chi connectivity index (χ3v) is 3.30. The molecule has 2 nitrogen and oxygen atoms in total. The van der Waals surface area contributed by atoms with E-state index in [1.165, 1.54) is 19.1 Å². The van der Waals surface area contributed by atoms with Gasteiger partial charge < -0.3 is 10.4 Å². The molecule has 102 valence electrons. The Labute approximate surface area is 107 Å². The molecule has 0 aliphatic rings. The summed E-state index contributed by atoms with van der Waals surface area (Å²) in [5.74, 6) is -0.840. The summed E-state index contributed by atoms with van der Waals surface area (Å²) >= 11 is 0. The molecular weight excluding hydrogens is 236 g/mol. The molecule has 18 heavy (non-hydrogen) atoms. The van der Waals surface area contributed by atoms with Crippen LogP contribution >= 0.6 is 0 Å². The van der Waals surface area contributed by atoms with Crippen molar-refractivity contribution in [3.63, 3.8) is 0 Å². The maximum atomic E-state index is 13.7. The number of rotatable bonds is 5. The monoisotopic (exact) mass is 257 g/mol. The molecule has 2 atom stereocenters. The molecule has 0 radical (unpaired) electrons. The number of halogens is 2. The van der Waals surface area contributed by atoms with Crippen LogP contribution in [0.5, 0.6) is 0 Å². The second-order valence-electron chi connectivity index (χ2n) is 5.08. The zero-order valence-electron chi connectivity index (χ0n) is 11.3. The van der Waals surface area contributed by atoms with Crippen LogP contribution in [0, 0.1) is 18.6 Å². The molecule has 2 N–H and O–H groups in total. The Bertz CT molecular complexity index is 419. The summed E-state index contributed by atoms with van der Waals surface area (Å²) in [6.07, 6.45) is 0.595. The Balaban J connectivity index is 2.79. The van der Waals surface area contributed by atoms with Gasteiger partial charge in [-0.05, 0) is 44.9 Å². The fraction of sp³-hybridized carbons (Fsp3) is 0.571. The van der Waals surface area contributed by atoms with Crippen molar-refractivity contribution in [1.82, 2.24) is 5.32 Å². The van der Waals surface area contributed by atoms with Crippen molar-refractivity contribution in [2.24, 2.45) is 0 Å². The summed E-state index contributed by atoms with van der Waals surface area (Å²) in [5.41, 5.74) is -0.262. The summed E-state index contributed by atoms with van der Waals surface area (Å²) in [7, 11) is 0. The van der Waals surface area contributed by atoms with E-state index in [0.717, 1.165) is 0 Å². The van der Waals surface area contributed by atoms with E-state index in [4.69, 9.17) is 0 Å². The predicted molar refractivity (Wildman–Crippen MR) is 68.4 cm³/mol. The third kappa shape index (κ3) is 3.75. The van der Waals surface area contributed by atoms with Crippen LogP contribution in [0.25, 0.3) is 0 Å². The average molecular weight is 257 g/mol. The molecule has 0 saturated heterocycles. The molecule has 2 unspecified atom stereocenters. The molecule has 1 rings (SSSR count). The van der Waals surface area contributed by atoms with Crippen molar-refractivity contribution in [1.29, 1.82) is 0 Å². The third-order valence-electron chi connectivity index (χ3n) is 3.30. The highest BCUT2D eigenvalue weighted by molar-refractivity contribution is 5.27. The van der Waals surface area contributed by atoms with Crippen LogP contribution in [0.4, 0.5) is 8.78 Å². The minimum Gasteiger partial charge on any atom is -0.389 e. The molecule has 0 aliphatic heterocycles. The summed E-state index contributed by atoms with van der Waals surface area (Å²) in [6.45, 7) is 7.19. The second-order valence-corrected chi connectivity index (χ2v) is 5.08. The highest BCUT2D eigenvalue weighted by Crippen LogP contribution is 2.21. The minimum atomic E-state index is -0.839. The Morgan fingerprint density at radius 2 is 1.94 bits per heavy atom. The highest BCUT2D eigenvalue weighted by Gasteiger charge is 2.20. The summed E-state index contributed by atoms with van der Waals surface area (Å²) < 4.78 is 27.1. The number of nitrogens with one attached hydrogen (secondary N) is 1. The first-order chi connectivity index (χ1) is 8.26. The van der Waals surface area contributed by atoms with Crippen LogP contribution in [-0.2, 0) is 0 Å². The number of aliphatic hydroxyl groups is 1. The standard InChI is InChI=1S/C14H21F2NO/c1-5-14(4,18)8-17-10(3)11-7-12(15)9(2)6-13(11)16/h6-7,10,17-18H,5,8H2,1-4H3. The van der Waals surface area contributed by atoms with Crippen molar-refractivity contribution in [2.45, 2.75) is 45.8 Å². The predicted octanol–water partition coefficient (Wildman–Crippen LogP) is 3.08. The maximum absolute atomic E-state index is 13.7. The van der Waals surface area contributed by atoms with Gasteiger partial charge in [0.25, 0.3) is 0 Å². The van der Waals surface area contributed by atoms with Gasteiger partial charge in [-0.2, -0.15) is 0 Å². The van der Waals surface area contributed by atoms with Crippen LogP contribution in [-0.4, -0.2) is 17.3 Å². The molecule has 1 aromatic carbocycles. The SMILES string of the molecule is CCC(C)(O)CNC(C)c1cc(F)c(C)cc1F. The van der Waals surface area contributed by atoms with Gasteiger partial charge in [-0.15, -0.1) is 0 Å². The van der Waals surface area contributed by atoms with Crippen molar-refractivity contribution >= 4 is 0 Å². The quantitative estimate of drug-likeness (QED) is 0.849. The molecule has 0 aliphatic carbocycles. The van der Waals surface area contributed by atoms with E-state index in [0.29, 0.717) is 18.5 Å². The van der Waals surface area contributed by atoms with Crippen LogP contribution in [0.1, 0.15) is 44.4 Å². The van der Waals surface area contributed by atoms with E-state index >= 15 is 0 Å². The highest BCUT2D eigenvalue weighted by atomic mass is 19.1. The largest absolute Gasteiger partial charge is 0.389 e. The van der Waals surface area contributed by atoms with Crippen molar-refractivity contribution in [3.8, 4) is 0 Å². The van der Waals surface area contributed by atoms with E-state index in [1.807, 2.05) is 6.92 Å². The molecule has 0 spiro atoms. The van der Waals surface area contributed by atoms with Gasteiger partial charge in [-0.25, -0.2) is 8.78 Å². The van der Waals surface area contributed by atoms with Crippen LogP contribution < -0.4 is 5.32 Å². The summed E-state index contributed by atoms with van der Waals surface area (Å²) in [5, 5.41) is 12.9. The van der Waals surface area contributed by atoms with Crippen molar-refractivity contribution in [3.05, 3.63) is 34.9 Å². The van der Waals surface area contributed by atoms with Gasteiger partial charge in [-0.1, -0.05) is 6.92 Å². The van der Waals surface area contributed by atoms with Gasteiger partial charge in [-0.3, -0.25) is 0 Å². The molecule has 4 heteroatoms. The van der Waals surface area contributed by atoms with E-state index in [9.17, 15) is 13.9 Å². The lowest BCUT2D eigenvalue weighted by Crippen LogP contribution is -2.38. The molecular formula is C14H21F2NO. The van der Waals surface area contributed by atoms with E-state index < -0.39 is 17.2 Å². The van der Waals surface area contributed by atoms with Gasteiger partial charge in [0.05, 0.1) is 5.60 Å². The zero-order chi connectivity index (χ0) is 13.9. The fourth-order valence-electron chi connectivity index (χ4n) is 1.60. The van der Waals surface area contributed by atoms with Gasteiger partial charge in [0.1, 0.15) is 11.6 Å². The molecule has 0 bridgehead atoms. The lowest BCUT2D eigenvalue weighted by atomic mass is 10.0. The first kappa shape index (κ1) is 15.1. The van der Waals surface area contributed by atoms with Gasteiger partial charge in [0.15, 0.2) is 0 Å². The number of hydrogen-bond acceptors (Lipinski definition) is 2. The summed E-state index contributed by atoms with van der Waals surface area (Å²) in [6, 6.07) is 2.06. The first-order valence-electron chi connectivity index (χ1n) is 6.18. The van der Waals surface area contributed by atoms with Gasteiger partial charge >= 0.3 is 0 Å². The normalized spacial score (nSPS) is 16.4. The fourth-order valence-corrected chi connectivity index (χ4v) is 1.60. The number of hydrogen-bond donors (Lipinski definition) is 2. The van der Waals surface area contributed by atoms with E-state index in [-0.39, 0.29) is 11.6 Å². The first-order valence-corrected chi connectivity index (χ1v) is 6.18. The van der Waals surface area contributed by atoms with Crippen LogP contribution in [0.2, 0.25) is 0 Å². The van der Waals surface area contributed by atoms with Crippen molar-refractivity contribution in [2.75, 3.05) is 6.54 Å². The Morgan fingerprint density at radius 3 is 2.50 bits per heavy atom. The molecule has 0 saturated carbocycles. The maximum Gasteiger partial charge on any atom is 0.128 e. The van der Waals surface area contributed by atoms with Gasteiger partial charge in [0, 0.05) is 18.2 Å². The smallest absolute Gasteiger partial charge is 0.128 e. The Hall–Kier alpha value is -1.00. The Morgan fingerprint density at radius 1 is 1.33 bits per heavy atom. The number of benzene rings is 1.